The Kier molecular flexibility index (Phi) is 7.04. The maximum absolute atomic E-state index is 13.4. The van der Waals surface area contributed by atoms with Crippen molar-refractivity contribution in [1.29, 1.82) is 0 Å². The van der Waals surface area contributed by atoms with Crippen molar-refractivity contribution in [2.24, 2.45) is 5.10 Å². The van der Waals surface area contributed by atoms with E-state index in [0.29, 0.717) is 23.3 Å². The van der Waals surface area contributed by atoms with E-state index in [0.717, 1.165) is 47.1 Å². The fourth-order valence-electron chi connectivity index (χ4n) is 4.42. The Balaban J connectivity index is 1.40. The van der Waals surface area contributed by atoms with Crippen LogP contribution in [0.1, 0.15) is 55.0 Å². The van der Waals surface area contributed by atoms with Crippen molar-refractivity contribution in [3.8, 4) is 5.75 Å². The van der Waals surface area contributed by atoms with Gasteiger partial charge in [-0.3, -0.25) is 4.79 Å². The Hall–Kier alpha value is -3.32. The largest absolute Gasteiger partial charge is 0.489 e. The minimum atomic E-state index is -0.266. The van der Waals surface area contributed by atoms with Crippen LogP contribution in [0.4, 0.5) is 4.39 Å². The highest BCUT2D eigenvalue weighted by atomic mass is 79.9. The number of fused-ring (bicyclic) bond motifs is 1. The number of hydrogen-bond donors (Lipinski definition) is 0. The van der Waals surface area contributed by atoms with Gasteiger partial charge in [0, 0.05) is 10.4 Å². The fourth-order valence-corrected chi connectivity index (χ4v) is 4.79. The standard InChI is InChI=1S/C28H25BrFN3O2/c29-22-10-15-26-25(16-22)28(34)33(27(32-26)21-4-2-1-3-5-21)31-17-19-8-13-24(14-9-19)35-18-20-6-11-23(30)12-7-20/h6-17,21H,1-5,18H2. The van der Waals surface area contributed by atoms with Crippen LogP contribution >= 0.6 is 15.9 Å². The lowest BCUT2D eigenvalue weighted by Crippen LogP contribution is -2.25. The Bertz CT molecular complexity index is 1410. The second kappa shape index (κ2) is 10.5. The average Bonchev–Trinajstić information content (AvgIpc) is 2.89. The summed E-state index contributed by atoms with van der Waals surface area (Å²) in [6.45, 7) is 0.353. The van der Waals surface area contributed by atoms with Crippen LogP contribution in [0.2, 0.25) is 0 Å². The molecule has 0 radical (unpaired) electrons. The summed E-state index contributed by atoms with van der Waals surface area (Å²) in [5.74, 6) is 1.39. The molecule has 0 saturated heterocycles. The van der Waals surface area contributed by atoms with Crippen molar-refractivity contribution in [1.82, 2.24) is 9.66 Å². The third-order valence-corrected chi connectivity index (χ3v) is 6.82. The molecule has 5 nitrogen and oxygen atoms in total. The maximum atomic E-state index is 13.4. The molecule has 35 heavy (non-hydrogen) atoms. The lowest BCUT2D eigenvalue weighted by atomic mass is 9.88. The summed E-state index contributed by atoms with van der Waals surface area (Å²) in [6.07, 6.45) is 7.22. The second-order valence-corrected chi connectivity index (χ2v) is 9.73. The maximum Gasteiger partial charge on any atom is 0.282 e. The van der Waals surface area contributed by atoms with E-state index in [-0.39, 0.29) is 17.3 Å². The van der Waals surface area contributed by atoms with Gasteiger partial charge in [-0.2, -0.15) is 9.78 Å². The van der Waals surface area contributed by atoms with Gasteiger partial charge >= 0.3 is 0 Å². The Morgan fingerprint density at radius 3 is 2.51 bits per heavy atom. The van der Waals surface area contributed by atoms with Gasteiger partial charge in [0.1, 0.15) is 24.0 Å². The Labute approximate surface area is 211 Å². The van der Waals surface area contributed by atoms with Crippen LogP contribution in [0, 0.1) is 5.82 Å². The number of rotatable bonds is 6. The summed E-state index contributed by atoms with van der Waals surface area (Å²) in [7, 11) is 0. The van der Waals surface area contributed by atoms with E-state index < -0.39 is 0 Å². The van der Waals surface area contributed by atoms with E-state index >= 15 is 0 Å². The zero-order valence-electron chi connectivity index (χ0n) is 19.2. The third-order valence-electron chi connectivity index (χ3n) is 6.32. The first-order chi connectivity index (χ1) is 17.1. The highest BCUT2D eigenvalue weighted by Crippen LogP contribution is 2.32. The van der Waals surface area contributed by atoms with Gasteiger partial charge in [0.25, 0.3) is 5.56 Å². The molecule has 0 amide bonds. The van der Waals surface area contributed by atoms with Gasteiger partial charge in [-0.05, 0) is 78.6 Å². The molecule has 7 heteroatoms. The van der Waals surface area contributed by atoms with Gasteiger partial charge in [-0.15, -0.1) is 0 Å². The van der Waals surface area contributed by atoms with Crippen LogP contribution in [-0.2, 0) is 6.61 Å². The van der Waals surface area contributed by atoms with E-state index in [1.54, 1.807) is 24.4 Å². The van der Waals surface area contributed by atoms with Crippen molar-refractivity contribution >= 4 is 33.0 Å². The first-order valence-corrected chi connectivity index (χ1v) is 12.6. The predicted octanol–water partition coefficient (Wildman–Crippen LogP) is 6.81. The van der Waals surface area contributed by atoms with Crippen LogP contribution in [0.3, 0.4) is 0 Å². The monoisotopic (exact) mass is 533 g/mol. The number of halogens is 2. The van der Waals surface area contributed by atoms with Crippen LogP contribution in [0.15, 0.2) is 81.1 Å². The zero-order chi connectivity index (χ0) is 24.2. The summed E-state index contributed by atoms with van der Waals surface area (Å²) in [4.78, 5) is 18.3. The molecule has 3 aromatic carbocycles. The van der Waals surface area contributed by atoms with Crippen molar-refractivity contribution in [2.45, 2.75) is 44.6 Å². The normalized spacial score (nSPS) is 14.6. The number of hydrogen-bond acceptors (Lipinski definition) is 4. The topological polar surface area (TPSA) is 56.5 Å². The molecule has 1 aliphatic rings. The van der Waals surface area contributed by atoms with Gasteiger partial charge < -0.3 is 4.74 Å². The first kappa shape index (κ1) is 23.4. The molecule has 4 aromatic rings. The average molecular weight is 534 g/mol. The molecular formula is C28H25BrFN3O2. The molecular weight excluding hydrogens is 509 g/mol. The van der Waals surface area contributed by atoms with Gasteiger partial charge in [0.2, 0.25) is 0 Å². The summed E-state index contributed by atoms with van der Waals surface area (Å²) in [5, 5.41) is 5.13. The summed E-state index contributed by atoms with van der Waals surface area (Å²) in [5.41, 5.74) is 2.28. The number of ether oxygens (including phenoxy) is 1. The molecule has 0 unspecified atom stereocenters. The molecule has 0 N–H and O–H groups in total. The number of benzene rings is 3. The molecule has 1 aliphatic carbocycles. The van der Waals surface area contributed by atoms with Gasteiger partial charge in [-0.1, -0.05) is 47.3 Å². The molecule has 0 bridgehead atoms. The van der Waals surface area contributed by atoms with Gasteiger partial charge in [0.05, 0.1) is 17.1 Å². The minimum Gasteiger partial charge on any atom is -0.489 e. The number of nitrogens with zero attached hydrogens (tertiary/aromatic N) is 3. The van der Waals surface area contributed by atoms with Gasteiger partial charge in [0.15, 0.2) is 0 Å². The SMILES string of the molecule is O=c1c2cc(Br)ccc2nc(C2CCCCC2)n1N=Cc1ccc(OCc2ccc(F)cc2)cc1. The molecule has 0 aliphatic heterocycles. The highest BCUT2D eigenvalue weighted by Gasteiger charge is 2.22. The summed E-state index contributed by atoms with van der Waals surface area (Å²) < 4.78 is 21.2. The molecule has 5 rings (SSSR count). The molecule has 178 valence electrons. The lowest BCUT2D eigenvalue weighted by molar-refractivity contribution is 0.306. The molecule has 1 heterocycles. The fraction of sp³-hybridized carbons (Fsp3) is 0.250. The lowest BCUT2D eigenvalue weighted by Gasteiger charge is -2.22. The Morgan fingerprint density at radius 2 is 1.77 bits per heavy atom. The van der Waals surface area contributed by atoms with Crippen molar-refractivity contribution < 1.29 is 9.13 Å². The van der Waals surface area contributed by atoms with Crippen LogP contribution in [0.5, 0.6) is 5.75 Å². The molecule has 0 spiro atoms. The van der Waals surface area contributed by atoms with E-state index in [1.165, 1.54) is 23.2 Å². The minimum absolute atomic E-state index is 0.160. The van der Waals surface area contributed by atoms with Gasteiger partial charge in [-0.25, -0.2) is 9.37 Å². The quantitative estimate of drug-likeness (QED) is 0.256. The molecule has 1 saturated carbocycles. The zero-order valence-corrected chi connectivity index (χ0v) is 20.7. The first-order valence-electron chi connectivity index (χ1n) is 11.8. The van der Waals surface area contributed by atoms with E-state index in [4.69, 9.17) is 9.72 Å². The molecule has 0 atom stereocenters. The van der Waals surface area contributed by atoms with Crippen molar-refractivity contribution in [3.05, 3.63) is 104 Å². The molecule has 1 aromatic heterocycles. The van der Waals surface area contributed by atoms with Crippen LogP contribution in [0.25, 0.3) is 10.9 Å². The predicted molar refractivity (Wildman–Crippen MR) is 140 cm³/mol. The van der Waals surface area contributed by atoms with Crippen LogP contribution in [-0.4, -0.2) is 15.9 Å². The van der Waals surface area contributed by atoms with E-state index in [1.807, 2.05) is 36.4 Å². The van der Waals surface area contributed by atoms with E-state index in [2.05, 4.69) is 21.0 Å². The summed E-state index contributed by atoms with van der Waals surface area (Å²) in [6, 6.07) is 19.3. The van der Waals surface area contributed by atoms with Crippen molar-refractivity contribution in [3.63, 3.8) is 0 Å². The second-order valence-electron chi connectivity index (χ2n) is 8.81. The van der Waals surface area contributed by atoms with E-state index in [9.17, 15) is 9.18 Å². The van der Waals surface area contributed by atoms with Crippen LogP contribution < -0.4 is 10.3 Å². The third kappa shape index (κ3) is 5.51. The molecule has 1 fully saturated rings. The summed E-state index contributed by atoms with van der Waals surface area (Å²) >= 11 is 3.46. The van der Waals surface area contributed by atoms with Crippen molar-refractivity contribution in [2.75, 3.05) is 0 Å². The smallest absolute Gasteiger partial charge is 0.282 e. The highest BCUT2D eigenvalue weighted by molar-refractivity contribution is 9.10. The number of aromatic nitrogens is 2. The Morgan fingerprint density at radius 1 is 1.03 bits per heavy atom.